The Labute approximate surface area is 319 Å². The van der Waals surface area contributed by atoms with Gasteiger partial charge in [0.1, 0.15) is 4.75 Å². The van der Waals surface area contributed by atoms with Crippen molar-refractivity contribution in [2.24, 2.45) is 23.7 Å². The van der Waals surface area contributed by atoms with Gasteiger partial charge in [-0.05, 0) is 123 Å². The van der Waals surface area contributed by atoms with Gasteiger partial charge in [0, 0.05) is 48.7 Å². The molecular formula is C41H47NO10S2. The van der Waals surface area contributed by atoms with Crippen LogP contribution in [0.1, 0.15) is 61.8 Å². The summed E-state index contributed by atoms with van der Waals surface area (Å²) in [4.78, 5) is 23.8. The zero-order chi connectivity index (χ0) is 40.2. The molecule has 54 heavy (non-hydrogen) atoms. The van der Waals surface area contributed by atoms with Crippen molar-refractivity contribution < 1.29 is 46.6 Å². The van der Waals surface area contributed by atoms with Gasteiger partial charge in [0.2, 0.25) is 0 Å². The van der Waals surface area contributed by atoms with Gasteiger partial charge < -0.3 is 14.9 Å². The summed E-state index contributed by atoms with van der Waals surface area (Å²) in [5.41, 5.74) is 4.80. The second-order valence-electron chi connectivity index (χ2n) is 13.9. The number of rotatable bonds is 12. The standard InChI is InChI=1S/C21H24O5S.C20H23NO5S/c1-21(20(23)26-2,27(3,24)25)13-12-17-10-8-16(9-11-17)6-4-5-7-18-14-19(18)15-22;1-20(19(23)21-24,27(2,25)26)12-11-16-9-7-15(8-10-16)5-3-4-6-17-13-18(17)14-22/h8-11,18-19,22H,12-15H2,1-3H3;7-10,17-18,22,24H,11-14H2,1-2H3,(H,21,23)/t18-,19+,21?;17-,18+,20?/m00/s1. The molecule has 13 heteroatoms. The smallest absolute Gasteiger partial charge is 0.326 e. The van der Waals surface area contributed by atoms with Gasteiger partial charge in [-0.3, -0.25) is 14.8 Å². The lowest BCUT2D eigenvalue weighted by atomic mass is 9.99. The first-order chi connectivity index (χ1) is 25.4. The van der Waals surface area contributed by atoms with E-state index in [9.17, 15) is 26.4 Å². The van der Waals surface area contributed by atoms with Crippen LogP contribution in [0, 0.1) is 71.0 Å². The number of amides is 1. The third-order valence-corrected chi connectivity index (χ3v) is 13.9. The molecule has 0 spiro atoms. The first-order valence-corrected chi connectivity index (χ1v) is 21.1. The summed E-state index contributed by atoms with van der Waals surface area (Å²) in [6, 6.07) is 14.7. The van der Waals surface area contributed by atoms with Crippen molar-refractivity contribution in [3.8, 4) is 47.4 Å². The Morgan fingerprint density at radius 1 is 0.722 bits per heavy atom. The van der Waals surface area contributed by atoms with Crippen LogP contribution < -0.4 is 5.48 Å². The predicted octanol–water partition coefficient (Wildman–Crippen LogP) is 2.49. The molecule has 0 aliphatic heterocycles. The highest BCUT2D eigenvalue weighted by Crippen LogP contribution is 2.37. The molecule has 11 nitrogen and oxygen atoms in total. The second kappa shape index (κ2) is 19.1. The van der Waals surface area contributed by atoms with E-state index in [1.54, 1.807) is 0 Å². The van der Waals surface area contributed by atoms with Crippen LogP contribution in [0.3, 0.4) is 0 Å². The second-order valence-corrected chi connectivity index (χ2v) is 18.8. The minimum Gasteiger partial charge on any atom is -0.468 e. The number of aryl methyl sites for hydroxylation is 2. The first kappa shape index (κ1) is 43.8. The van der Waals surface area contributed by atoms with E-state index in [1.807, 2.05) is 48.5 Å². The maximum Gasteiger partial charge on any atom is 0.326 e. The first-order valence-electron chi connectivity index (χ1n) is 17.3. The summed E-state index contributed by atoms with van der Waals surface area (Å²) in [7, 11) is -6.12. The normalized spacial score (nSPS) is 20.3. The van der Waals surface area contributed by atoms with E-state index in [-0.39, 0.29) is 37.9 Å². The van der Waals surface area contributed by atoms with Gasteiger partial charge in [0.25, 0.3) is 5.91 Å². The molecule has 2 saturated carbocycles. The van der Waals surface area contributed by atoms with Crippen LogP contribution in [0.5, 0.6) is 0 Å². The van der Waals surface area contributed by atoms with Crippen LogP contribution in [0.25, 0.3) is 0 Å². The molecule has 4 rings (SSSR count). The van der Waals surface area contributed by atoms with Gasteiger partial charge in [0.05, 0.1) is 7.11 Å². The molecule has 0 radical (unpaired) electrons. The number of nitrogens with one attached hydrogen (secondary N) is 1. The van der Waals surface area contributed by atoms with Crippen LogP contribution >= 0.6 is 0 Å². The number of methoxy groups -OCH3 is 1. The van der Waals surface area contributed by atoms with E-state index >= 15 is 0 Å². The molecule has 2 fully saturated rings. The van der Waals surface area contributed by atoms with E-state index in [1.165, 1.54) is 26.4 Å². The van der Waals surface area contributed by atoms with E-state index < -0.39 is 41.0 Å². The number of sulfone groups is 2. The summed E-state index contributed by atoms with van der Waals surface area (Å²) >= 11 is 0. The topological polar surface area (TPSA) is 184 Å². The van der Waals surface area contributed by atoms with Gasteiger partial charge in [-0.15, -0.1) is 0 Å². The van der Waals surface area contributed by atoms with Crippen molar-refractivity contribution in [1.82, 2.24) is 5.48 Å². The van der Waals surface area contributed by atoms with Gasteiger partial charge in [-0.2, -0.15) is 0 Å². The summed E-state index contributed by atoms with van der Waals surface area (Å²) in [5.74, 6) is 22.6. The molecule has 2 aliphatic carbocycles. The molecule has 288 valence electrons. The average Bonchev–Trinajstić information content (AvgIpc) is 4.08. The highest BCUT2D eigenvalue weighted by Gasteiger charge is 2.44. The summed E-state index contributed by atoms with van der Waals surface area (Å²) in [6.07, 6.45) is 4.87. The van der Waals surface area contributed by atoms with Crippen LogP contribution in [-0.2, 0) is 46.8 Å². The fraction of sp³-hybridized carbons (Fsp3) is 0.463. The number of benzene rings is 2. The number of aliphatic hydroxyl groups is 2. The molecular weight excluding hydrogens is 731 g/mol. The Kier molecular flexibility index (Phi) is 15.5. The molecule has 0 aromatic heterocycles. The van der Waals surface area contributed by atoms with Crippen molar-refractivity contribution in [2.45, 2.75) is 61.9 Å². The SMILES string of the molecule is CC(CCc1ccc(C#CC#C[C@H]2C[C@@H]2CO)cc1)(C(=O)NO)S(C)(=O)=O.COC(=O)C(C)(CCc1ccc(C#CC#C[C@H]2C[C@@H]2CO)cc1)S(C)(=O)=O. The fourth-order valence-electron chi connectivity index (χ4n) is 5.23. The maximum atomic E-state index is 12.0. The molecule has 0 heterocycles. The lowest BCUT2D eigenvalue weighted by Gasteiger charge is -2.25. The fourth-order valence-corrected chi connectivity index (χ4v) is 6.95. The Morgan fingerprint density at radius 3 is 1.43 bits per heavy atom. The van der Waals surface area contributed by atoms with Gasteiger partial charge in [-0.1, -0.05) is 47.9 Å². The van der Waals surface area contributed by atoms with E-state index in [0.717, 1.165) is 47.6 Å². The largest absolute Gasteiger partial charge is 0.468 e. The predicted molar refractivity (Wildman–Crippen MR) is 205 cm³/mol. The molecule has 2 aliphatic rings. The number of hydrogen-bond acceptors (Lipinski definition) is 10. The molecule has 0 saturated heterocycles. The van der Waals surface area contributed by atoms with Gasteiger partial charge in [-0.25, -0.2) is 22.3 Å². The molecule has 1 amide bonds. The lowest BCUT2D eigenvalue weighted by Crippen LogP contribution is -2.49. The van der Waals surface area contributed by atoms with Crippen molar-refractivity contribution >= 4 is 31.6 Å². The summed E-state index contributed by atoms with van der Waals surface area (Å²) in [6.45, 7) is 3.05. The van der Waals surface area contributed by atoms with E-state index in [0.29, 0.717) is 24.7 Å². The molecule has 2 aromatic rings. The minimum absolute atomic E-state index is 0.0438. The van der Waals surface area contributed by atoms with Crippen molar-refractivity contribution in [2.75, 3.05) is 32.8 Å². The van der Waals surface area contributed by atoms with Crippen LogP contribution in [0.2, 0.25) is 0 Å². The zero-order valence-electron chi connectivity index (χ0n) is 31.1. The molecule has 0 bridgehead atoms. The van der Waals surface area contributed by atoms with Gasteiger partial charge in [0.15, 0.2) is 24.4 Å². The number of hydroxylamine groups is 1. The molecule has 2 aromatic carbocycles. The Morgan fingerprint density at radius 2 is 1.11 bits per heavy atom. The Balaban J connectivity index is 0.000000290. The van der Waals surface area contributed by atoms with E-state index in [4.69, 9.17) is 15.4 Å². The summed E-state index contributed by atoms with van der Waals surface area (Å²) in [5, 5.41) is 26.7. The van der Waals surface area contributed by atoms with Crippen LogP contribution in [-0.4, -0.2) is 86.5 Å². The lowest BCUT2D eigenvalue weighted by molar-refractivity contribution is -0.143. The highest BCUT2D eigenvalue weighted by molar-refractivity contribution is 7.93. The maximum absolute atomic E-state index is 12.0. The monoisotopic (exact) mass is 777 g/mol. The number of carbonyl (C=O) groups is 2. The molecule has 4 N–H and O–H groups in total. The highest BCUT2D eigenvalue weighted by atomic mass is 32.2. The Bertz CT molecular complexity index is 1980. The van der Waals surface area contributed by atoms with Crippen molar-refractivity contribution in [1.29, 1.82) is 0 Å². The average molecular weight is 778 g/mol. The number of ether oxygens (including phenoxy) is 1. The van der Waals surface area contributed by atoms with Crippen molar-refractivity contribution in [3.63, 3.8) is 0 Å². The zero-order valence-corrected chi connectivity index (χ0v) is 32.7. The number of aliphatic hydroxyl groups excluding tert-OH is 2. The third-order valence-electron chi connectivity index (χ3n) is 9.89. The number of hydrogen-bond donors (Lipinski definition) is 4. The number of esters is 1. The minimum atomic E-state index is -3.70. The summed E-state index contributed by atoms with van der Waals surface area (Å²) < 4.78 is 49.4. The third kappa shape index (κ3) is 12.2. The molecule has 2 unspecified atom stereocenters. The number of carbonyl (C=O) groups excluding carboxylic acids is 2. The quantitative estimate of drug-likeness (QED) is 0.108. The van der Waals surface area contributed by atoms with Crippen molar-refractivity contribution in [3.05, 3.63) is 70.8 Å². The van der Waals surface area contributed by atoms with Crippen LogP contribution in [0.4, 0.5) is 0 Å². The Hall–Kier alpha value is -4.60. The van der Waals surface area contributed by atoms with Gasteiger partial charge >= 0.3 is 5.97 Å². The van der Waals surface area contributed by atoms with Crippen LogP contribution in [0.15, 0.2) is 48.5 Å². The van der Waals surface area contributed by atoms with E-state index in [2.05, 4.69) is 52.1 Å². The molecule has 6 atom stereocenters.